The fourth-order valence-corrected chi connectivity index (χ4v) is 8.89. The summed E-state index contributed by atoms with van der Waals surface area (Å²) < 4.78 is 20.9. The van der Waals surface area contributed by atoms with E-state index in [0.29, 0.717) is 50.4 Å². The number of carbonyl (C=O) groups excluding carboxylic acids is 1. The summed E-state index contributed by atoms with van der Waals surface area (Å²) in [4.78, 5) is 29.1. The van der Waals surface area contributed by atoms with E-state index in [1.165, 1.54) is 33.3 Å². The third-order valence-electron chi connectivity index (χ3n) is 11.1. The Kier molecular flexibility index (Phi) is 9.46. The summed E-state index contributed by atoms with van der Waals surface area (Å²) in [5, 5.41) is 15.9. The fourth-order valence-electron chi connectivity index (χ4n) is 8.89. The quantitative estimate of drug-likeness (QED) is 0.124. The van der Waals surface area contributed by atoms with Crippen molar-refractivity contribution in [2.45, 2.75) is 64.2 Å². The van der Waals surface area contributed by atoms with E-state index in [9.17, 15) is 14.7 Å². The number of carbonyl (C=O) groups is 2. The Morgan fingerprint density at radius 2 is 1.62 bits per heavy atom. The van der Waals surface area contributed by atoms with Crippen LogP contribution in [0, 0.1) is 0 Å². The number of Topliss-reactive ketones (excluding diaryl/α,β-unsaturated/α-hetero) is 1. The molecule has 0 saturated heterocycles. The van der Waals surface area contributed by atoms with Crippen molar-refractivity contribution in [1.29, 1.82) is 0 Å². The van der Waals surface area contributed by atoms with Gasteiger partial charge in [-0.2, -0.15) is 0 Å². The largest absolute Gasteiger partial charge is 0.478 e. The molecule has 0 aliphatic carbocycles. The molecule has 0 atom stereocenters. The average molecular weight is 679 g/mol. The molecule has 8 rings (SSSR count). The van der Waals surface area contributed by atoms with Crippen molar-refractivity contribution in [3.63, 3.8) is 0 Å². The van der Waals surface area contributed by atoms with Gasteiger partial charge in [0, 0.05) is 84.2 Å². The highest BCUT2D eigenvalue weighted by molar-refractivity contribution is 6.03. The van der Waals surface area contributed by atoms with Gasteiger partial charge in [-0.3, -0.25) is 4.79 Å². The van der Waals surface area contributed by atoms with Crippen molar-refractivity contribution in [1.82, 2.24) is 9.89 Å². The van der Waals surface area contributed by atoms with E-state index >= 15 is 0 Å². The molecule has 3 aromatic carbocycles. The Hall–Kier alpha value is -4.05. The van der Waals surface area contributed by atoms with Crippen LogP contribution in [0.15, 0.2) is 30.3 Å². The number of nitrogens with one attached hydrogen (secondary N) is 1. The van der Waals surface area contributed by atoms with E-state index in [1.54, 1.807) is 12.1 Å². The first-order chi connectivity index (χ1) is 24.5. The number of nitrogens with zero attached hydrogens (tertiary/aromatic N) is 2. The molecule has 2 N–H and O–H groups in total. The fraction of sp³-hybridized carbons (Fsp3) is 0.488. The highest BCUT2D eigenvalue weighted by atomic mass is 16.5. The number of ether oxygens (including phenoxy) is 3. The minimum atomic E-state index is -0.998. The molecule has 0 saturated carbocycles. The molecular weight excluding hydrogens is 630 g/mol. The van der Waals surface area contributed by atoms with Crippen LogP contribution in [0.5, 0.6) is 11.5 Å². The van der Waals surface area contributed by atoms with E-state index in [2.05, 4.69) is 26.9 Å². The van der Waals surface area contributed by atoms with Crippen LogP contribution in [0.3, 0.4) is 0 Å². The highest BCUT2D eigenvalue weighted by Gasteiger charge is 2.36. The lowest BCUT2D eigenvalue weighted by atomic mass is 9.81. The molecule has 0 bridgehead atoms. The molecule has 0 unspecified atom stereocenters. The highest BCUT2D eigenvalue weighted by Crippen LogP contribution is 2.48. The zero-order chi connectivity index (χ0) is 34.2. The summed E-state index contributed by atoms with van der Waals surface area (Å²) in [6.07, 6.45) is 9.09. The zero-order valence-corrected chi connectivity index (χ0v) is 29.2. The van der Waals surface area contributed by atoms with Crippen LogP contribution in [-0.2, 0) is 35.2 Å². The van der Waals surface area contributed by atoms with Crippen molar-refractivity contribution in [2.24, 2.45) is 0 Å². The average Bonchev–Trinajstić information content (AvgIpc) is 3.13. The maximum absolute atomic E-state index is 13.7. The zero-order valence-electron chi connectivity index (χ0n) is 29.2. The second-order valence-corrected chi connectivity index (χ2v) is 14.3. The second-order valence-electron chi connectivity index (χ2n) is 14.3. The Bertz CT molecular complexity index is 1980. The molecule has 0 radical (unpaired) electrons. The number of anilines is 1. The Morgan fingerprint density at radius 3 is 2.44 bits per heavy atom. The molecule has 5 aliphatic heterocycles. The summed E-state index contributed by atoms with van der Waals surface area (Å²) in [7, 11) is 1.89. The maximum atomic E-state index is 13.7. The lowest BCUT2D eigenvalue weighted by Crippen LogP contribution is -2.45. The topological polar surface area (TPSA) is 100 Å². The first kappa shape index (κ1) is 33.1. The van der Waals surface area contributed by atoms with Gasteiger partial charge in [0.25, 0.3) is 0 Å². The van der Waals surface area contributed by atoms with Gasteiger partial charge in [-0.05, 0) is 87.4 Å². The molecule has 0 aromatic heterocycles. The molecular formula is C41H48N3O6+. The third-order valence-corrected chi connectivity index (χ3v) is 11.1. The van der Waals surface area contributed by atoms with Crippen LogP contribution < -0.4 is 30.1 Å². The van der Waals surface area contributed by atoms with Crippen molar-refractivity contribution in [3.05, 3.63) is 85.4 Å². The number of hydrogen-bond donors (Lipinski definition) is 2. The van der Waals surface area contributed by atoms with Gasteiger partial charge in [-0.15, -0.1) is 0 Å². The molecule has 0 fully saturated rings. The van der Waals surface area contributed by atoms with Gasteiger partial charge < -0.3 is 29.5 Å². The number of hydrogen-bond acceptors (Lipinski definition) is 7. The van der Waals surface area contributed by atoms with E-state index < -0.39 is 5.97 Å². The lowest BCUT2D eigenvalue weighted by molar-refractivity contribution is 0.0475. The number of carboxylic acids is 1. The van der Waals surface area contributed by atoms with Crippen LogP contribution >= 0.6 is 0 Å². The monoisotopic (exact) mass is 678 g/mol. The van der Waals surface area contributed by atoms with E-state index in [0.717, 1.165) is 112 Å². The van der Waals surface area contributed by atoms with Crippen molar-refractivity contribution >= 4 is 23.0 Å². The van der Waals surface area contributed by atoms with Crippen molar-refractivity contribution in [2.75, 3.05) is 71.1 Å². The number of ketones is 1. The summed E-state index contributed by atoms with van der Waals surface area (Å²) in [6, 6.07) is 9.70. The smallest absolute Gasteiger partial charge is 0.336 e. The molecule has 50 heavy (non-hydrogen) atoms. The van der Waals surface area contributed by atoms with Gasteiger partial charge in [0.1, 0.15) is 24.6 Å². The van der Waals surface area contributed by atoms with E-state index in [1.807, 2.05) is 13.1 Å². The summed E-state index contributed by atoms with van der Waals surface area (Å²) in [6.45, 7) is 7.14. The van der Waals surface area contributed by atoms with Crippen LogP contribution in [0.2, 0.25) is 0 Å². The molecule has 9 nitrogen and oxygen atoms in total. The minimum absolute atomic E-state index is 0.0162. The first-order valence-corrected chi connectivity index (χ1v) is 18.7. The van der Waals surface area contributed by atoms with Gasteiger partial charge in [0.15, 0.2) is 5.78 Å². The van der Waals surface area contributed by atoms with Gasteiger partial charge in [0.05, 0.1) is 30.9 Å². The number of rotatable bonds is 13. The predicted molar refractivity (Wildman–Crippen MR) is 193 cm³/mol. The lowest BCUT2D eigenvalue weighted by Gasteiger charge is -2.39. The summed E-state index contributed by atoms with van der Waals surface area (Å²) in [5.74, 6) is 0.740. The van der Waals surface area contributed by atoms with Gasteiger partial charge in [-0.25, -0.2) is 9.37 Å². The Labute approximate surface area is 293 Å². The normalized spacial score (nSPS) is 17.0. The second kappa shape index (κ2) is 14.3. The van der Waals surface area contributed by atoms with E-state index in [4.69, 9.17) is 14.2 Å². The van der Waals surface area contributed by atoms with E-state index in [-0.39, 0.29) is 11.3 Å². The Morgan fingerprint density at radius 1 is 0.860 bits per heavy atom. The van der Waals surface area contributed by atoms with Crippen LogP contribution in [0.25, 0.3) is 5.57 Å². The minimum Gasteiger partial charge on any atom is -0.478 e. The predicted octanol–water partition coefficient (Wildman–Crippen LogP) is 4.04. The number of benzene rings is 3. The SMILES string of the molecule is CNCCOCCOCCCC(=O)c1ccc(C(=O)O)c(C2=c3cc4c5c(c3Oc3c2cc2c6c3CCCN6CCC2)CCC[N+]=5CCC4)c1. The van der Waals surface area contributed by atoms with Crippen molar-refractivity contribution in [3.8, 4) is 11.5 Å². The van der Waals surface area contributed by atoms with Crippen molar-refractivity contribution < 1.29 is 28.9 Å². The van der Waals surface area contributed by atoms with Gasteiger partial charge in [-0.1, -0.05) is 6.07 Å². The van der Waals surface area contributed by atoms with Crippen LogP contribution in [-0.4, -0.2) is 83.1 Å². The number of likely N-dealkylation sites (N-methyl/N-ethyl adjacent to an activating group) is 1. The third kappa shape index (κ3) is 6.03. The summed E-state index contributed by atoms with van der Waals surface area (Å²) >= 11 is 0. The number of aryl methyl sites for hydroxylation is 2. The molecule has 3 aromatic rings. The Balaban J connectivity index is 1.24. The molecule has 0 spiro atoms. The molecule has 262 valence electrons. The van der Waals surface area contributed by atoms with Gasteiger partial charge >= 0.3 is 5.97 Å². The van der Waals surface area contributed by atoms with Gasteiger partial charge in [0.2, 0.25) is 5.36 Å². The molecule has 5 heterocycles. The number of carboxylic acid groups (broad SMARTS) is 1. The molecule has 0 amide bonds. The molecule has 9 heteroatoms. The first-order valence-electron chi connectivity index (χ1n) is 18.7. The number of fused-ring (bicyclic) bond motifs is 4. The standard InChI is InChI=1S/C41H47N3O6/c1-42-14-20-49-22-21-48-19-6-11-35(45)26-12-13-29(41(46)47)32(23-26)36-33-24-27-7-2-15-43-17-4-9-30(37(27)43)39(33)50-40-31-10-5-18-44-16-3-8-28(38(31)44)25-34(36)40/h12-13,23-25,42H,2-11,14-22H2,1H3/p+1. The maximum Gasteiger partial charge on any atom is 0.336 e. The summed E-state index contributed by atoms with van der Waals surface area (Å²) in [5.41, 5.74) is 9.63. The number of aromatic carboxylic acids is 1. The molecule has 5 aliphatic rings. The van der Waals surface area contributed by atoms with Crippen LogP contribution in [0.4, 0.5) is 5.69 Å². The van der Waals surface area contributed by atoms with Crippen LogP contribution in [0.1, 0.15) is 92.6 Å².